The Labute approximate surface area is 137 Å². The second-order valence-corrected chi connectivity index (χ2v) is 8.22. The molecule has 2 N–H and O–H groups in total. The molecule has 1 aromatic rings. The van der Waals surface area contributed by atoms with E-state index in [-0.39, 0.29) is 17.6 Å². The maximum absolute atomic E-state index is 12.4. The van der Waals surface area contributed by atoms with Crippen LogP contribution in [0, 0.1) is 17.8 Å². The Bertz CT molecular complexity index is 727. The van der Waals surface area contributed by atoms with Crippen LogP contribution in [0.25, 0.3) is 0 Å². The van der Waals surface area contributed by atoms with Gasteiger partial charge in [0.25, 0.3) is 0 Å². The molecule has 1 saturated carbocycles. The highest BCUT2D eigenvalue weighted by molar-refractivity contribution is 7.92. The molecule has 23 heavy (non-hydrogen) atoms. The van der Waals surface area contributed by atoms with Gasteiger partial charge >= 0.3 is 0 Å². The van der Waals surface area contributed by atoms with Crippen LogP contribution in [0.5, 0.6) is 0 Å². The van der Waals surface area contributed by atoms with Crippen LogP contribution >= 0.6 is 0 Å². The molecule has 1 fully saturated rings. The zero-order valence-corrected chi connectivity index (χ0v) is 14.0. The van der Waals surface area contributed by atoms with Crippen molar-refractivity contribution in [2.75, 3.05) is 15.8 Å². The average molecular weight is 334 g/mol. The van der Waals surface area contributed by atoms with Crippen molar-refractivity contribution < 1.29 is 13.2 Å². The van der Waals surface area contributed by atoms with Gasteiger partial charge in [0.2, 0.25) is 15.9 Å². The lowest BCUT2D eigenvalue weighted by atomic mass is 9.93. The average Bonchev–Trinajstić information content (AvgIpc) is 3.09. The second-order valence-electron chi connectivity index (χ2n) is 6.38. The van der Waals surface area contributed by atoms with Crippen molar-refractivity contribution >= 4 is 27.3 Å². The van der Waals surface area contributed by atoms with E-state index in [2.05, 4.69) is 22.2 Å². The first-order valence-electron chi connectivity index (χ1n) is 8.06. The van der Waals surface area contributed by atoms with Gasteiger partial charge in [-0.2, -0.15) is 0 Å². The molecule has 0 saturated heterocycles. The highest BCUT2D eigenvalue weighted by Crippen LogP contribution is 2.43. The number of sulfonamides is 1. The van der Waals surface area contributed by atoms with E-state index in [0.29, 0.717) is 29.6 Å². The van der Waals surface area contributed by atoms with Gasteiger partial charge in [0.1, 0.15) is 0 Å². The highest BCUT2D eigenvalue weighted by atomic mass is 32.2. The summed E-state index contributed by atoms with van der Waals surface area (Å²) >= 11 is 0. The Balaban J connectivity index is 1.66. The molecule has 3 rings (SSSR count). The molecule has 3 unspecified atom stereocenters. The summed E-state index contributed by atoms with van der Waals surface area (Å²) in [4.78, 5) is 12.4. The molecule has 2 bridgehead atoms. The van der Waals surface area contributed by atoms with E-state index in [4.69, 9.17) is 0 Å². The van der Waals surface area contributed by atoms with Crippen LogP contribution in [-0.2, 0) is 14.8 Å². The Morgan fingerprint density at radius 1 is 1.22 bits per heavy atom. The summed E-state index contributed by atoms with van der Waals surface area (Å²) in [7, 11) is -3.32. The summed E-state index contributed by atoms with van der Waals surface area (Å²) in [6.07, 6.45) is 6.90. The number of allylic oxidation sites excluding steroid dienone is 2. The van der Waals surface area contributed by atoms with Crippen molar-refractivity contribution in [3.63, 3.8) is 0 Å². The van der Waals surface area contributed by atoms with Gasteiger partial charge < -0.3 is 5.32 Å². The van der Waals surface area contributed by atoms with Crippen LogP contribution < -0.4 is 10.0 Å². The number of hydrogen-bond acceptors (Lipinski definition) is 3. The smallest absolute Gasteiger partial charge is 0.232 e. The lowest BCUT2D eigenvalue weighted by molar-refractivity contribution is -0.120. The first-order valence-corrected chi connectivity index (χ1v) is 9.72. The molecule has 6 heteroatoms. The molecule has 124 valence electrons. The predicted octanol–water partition coefficient (Wildman–Crippen LogP) is 2.99. The summed E-state index contributed by atoms with van der Waals surface area (Å²) in [5.41, 5.74) is 1.10. The van der Waals surface area contributed by atoms with Crippen molar-refractivity contribution in [3.8, 4) is 0 Å². The van der Waals surface area contributed by atoms with E-state index in [1.54, 1.807) is 24.3 Å². The van der Waals surface area contributed by atoms with E-state index in [9.17, 15) is 13.2 Å². The summed E-state index contributed by atoms with van der Waals surface area (Å²) in [5.74, 6) is 1.04. The quantitative estimate of drug-likeness (QED) is 0.785. The molecule has 0 heterocycles. The van der Waals surface area contributed by atoms with E-state index >= 15 is 0 Å². The first kappa shape index (κ1) is 16.1. The summed E-state index contributed by atoms with van der Waals surface area (Å²) in [5, 5.41) is 2.92. The van der Waals surface area contributed by atoms with Crippen LogP contribution in [0.1, 0.15) is 26.2 Å². The summed E-state index contributed by atoms with van der Waals surface area (Å²) in [6, 6.07) is 6.86. The second kappa shape index (κ2) is 6.35. The van der Waals surface area contributed by atoms with Crippen LogP contribution in [0.4, 0.5) is 11.4 Å². The molecular formula is C17H22N2O3S. The van der Waals surface area contributed by atoms with Gasteiger partial charge in [0.15, 0.2) is 0 Å². The SMILES string of the molecule is CCCS(=O)(=O)Nc1cccc(NC(=O)C2CC3C=CC2C3)c1. The lowest BCUT2D eigenvalue weighted by Gasteiger charge is -2.18. The molecule has 2 aliphatic carbocycles. The molecule has 1 aromatic carbocycles. The number of nitrogens with one attached hydrogen (secondary N) is 2. The van der Waals surface area contributed by atoms with Crippen molar-refractivity contribution in [2.45, 2.75) is 26.2 Å². The van der Waals surface area contributed by atoms with Gasteiger partial charge in [0, 0.05) is 11.6 Å². The number of carbonyl (C=O) groups is 1. The number of anilines is 2. The molecule has 0 aromatic heterocycles. The standard InChI is InChI=1S/C17H22N2O3S/c1-2-8-23(21,22)19-15-5-3-4-14(11-15)18-17(20)16-10-12-6-7-13(16)9-12/h3-7,11-13,16,19H,2,8-10H2,1H3,(H,18,20). The fourth-order valence-corrected chi connectivity index (χ4v) is 4.60. The van der Waals surface area contributed by atoms with Crippen LogP contribution in [0.3, 0.4) is 0 Å². The van der Waals surface area contributed by atoms with Gasteiger partial charge in [-0.05, 0) is 49.3 Å². The predicted molar refractivity (Wildman–Crippen MR) is 91.6 cm³/mol. The lowest BCUT2D eigenvalue weighted by Crippen LogP contribution is -2.26. The largest absolute Gasteiger partial charge is 0.326 e. The number of amides is 1. The Kier molecular flexibility index (Phi) is 4.43. The monoisotopic (exact) mass is 334 g/mol. The van der Waals surface area contributed by atoms with E-state index in [1.165, 1.54) is 0 Å². The number of fused-ring (bicyclic) bond motifs is 2. The van der Waals surface area contributed by atoms with Gasteiger partial charge in [-0.15, -0.1) is 0 Å². The molecule has 0 radical (unpaired) electrons. The van der Waals surface area contributed by atoms with Gasteiger partial charge in [0.05, 0.1) is 11.4 Å². The van der Waals surface area contributed by atoms with Crippen LogP contribution in [0.15, 0.2) is 36.4 Å². The van der Waals surface area contributed by atoms with Crippen LogP contribution in [0.2, 0.25) is 0 Å². The van der Waals surface area contributed by atoms with Gasteiger partial charge in [-0.1, -0.05) is 25.1 Å². The maximum Gasteiger partial charge on any atom is 0.232 e. The van der Waals surface area contributed by atoms with Crippen molar-refractivity contribution in [1.29, 1.82) is 0 Å². The Morgan fingerprint density at radius 2 is 2.00 bits per heavy atom. The fourth-order valence-electron chi connectivity index (χ4n) is 3.48. The summed E-state index contributed by atoms with van der Waals surface area (Å²) in [6.45, 7) is 1.82. The zero-order valence-electron chi connectivity index (χ0n) is 13.2. The van der Waals surface area contributed by atoms with Crippen molar-refractivity contribution in [2.24, 2.45) is 17.8 Å². The topological polar surface area (TPSA) is 75.3 Å². The zero-order chi connectivity index (χ0) is 16.4. The first-order chi connectivity index (χ1) is 11.0. The molecule has 1 amide bonds. The molecule has 2 aliphatic rings. The van der Waals surface area contributed by atoms with E-state index in [0.717, 1.165) is 12.8 Å². The number of benzene rings is 1. The maximum atomic E-state index is 12.4. The molecule has 0 spiro atoms. The number of hydrogen-bond donors (Lipinski definition) is 2. The third kappa shape index (κ3) is 3.75. The van der Waals surface area contributed by atoms with Crippen LogP contribution in [-0.4, -0.2) is 20.1 Å². The molecule has 3 atom stereocenters. The summed E-state index contributed by atoms with van der Waals surface area (Å²) < 4.78 is 26.2. The van der Waals surface area contributed by atoms with Crippen molar-refractivity contribution in [3.05, 3.63) is 36.4 Å². The minimum atomic E-state index is -3.32. The Hall–Kier alpha value is -1.82. The van der Waals surface area contributed by atoms with Gasteiger partial charge in [-0.25, -0.2) is 8.42 Å². The van der Waals surface area contributed by atoms with E-state index in [1.807, 2.05) is 6.92 Å². The van der Waals surface area contributed by atoms with E-state index < -0.39 is 10.0 Å². The highest BCUT2D eigenvalue weighted by Gasteiger charge is 2.39. The molecular weight excluding hydrogens is 312 g/mol. The molecule has 0 aliphatic heterocycles. The molecule has 5 nitrogen and oxygen atoms in total. The minimum absolute atomic E-state index is 0.0235. The van der Waals surface area contributed by atoms with Crippen molar-refractivity contribution in [1.82, 2.24) is 0 Å². The third-order valence-electron chi connectivity index (χ3n) is 4.49. The fraction of sp³-hybridized carbons (Fsp3) is 0.471. The van der Waals surface area contributed by atoms with Gasteiger partial charge in [-0.3, -0.25) is 9.52 Å². The number of rotatable bonds is 6. The number of carbonyl (C=O) groups excluding carboxylic acids is 1. The third-order valence-corrected chi connectivity index (χ3v) is 5.98. The normalized spacial score (nSPS) is 25.5. The Morgan fingerprint density at radius 3 is 2.65 bits per heavy atom. The minimum Gasteiger partial charge on any atom is -0.326 e.